The molecule has 0 radical (unpaired) electrons. The fourth-order valence-corrected chi connectivity index (χ4v) is 5.32. The quantitative estimate of drug-likeness (QED) is 0.752. The van der Waals surface area contributed by atoms with Gasteiger partial charge in [-0.05, 0) is 31.7 Å². The Morgan fingerprint density at radius 3 is 2.45 bits per heavy atom. The van der Waals surface area contributed by atoms with Gasteiger partial charge >= 0.3 is 0 Å². The summed E-state index contributed by atoms with van der Waals surface area (Å²) in [6.07, 6.45) is 2.37. The van der Waals surface area contributed by atoms with Gasteiger partial charge in [-0.3, -0.25) is 4.79 Å². The summed E-state index contributed by atoms with van der Waals surface area (Å²) in [6.45, 7) is 10.6. The first kappa shape index (κ1) is 21.6. The van der Waals surface area contributed by atoms with Crippen LogP contribution in [-0.2, 0) is 14.8 Å². The van der Waals surface area contributed by atoms with Crippen LogP contribution in [0, 0.1) is 12.8 Å². The van der Waals surface area contributed by atoms with Crippen LogP contribution in [0.3, 0.4) is 0 Å². The van der Waals surface area contributed by atoms with Crippen LogP contribution in [0.1, 0.15) is 51.2 Å². The number of amidine groups is 1. The van der Waals surface area contributed by atoms with Crippen LogP contribution < -0.4 is 0 Å². The summed E-state index contributed by atoms with van der Waals surface area (Å²) in [7, 11) is -3.72. The Morgan fingerprint density at radius 1 is 1.10 bits per heavy atom. The van der Waals surface area contributed by atoms with Crippen LogP contribution in [0.15, 0.2) is 34.2 Å². The van der Waals surface area contributed by atoms with Crippen LogP contribution in [0.2, 0.25) is 0 Å². The molecule has 2 aliphatic rings. The van der Waals surface area contributed by atoms with Crippen molar-refractivity contribution in [1.29, 1.82) is 0 Å². The summed E-state index contributed by atoms with van der Waals surface area (Å²) in [6, 6.07) is 7.50. The molecule has 1 atom stereocenters. The number of benzene rings is 1. The van der Waals surface area contributed by atoms with Gasteiger partial charge in [0, 0.05) is 38.2 Å². The number of nitrogens with zero attached hydrogens (tertiary/aromatic N) is 3. The molecule has 1 amide bonds. The van der Waals surface area contributed by atoms with Gasteiger partial charge in [0.15, 0.2) is 0 Å². The second-order valence-electron chi connectivity index (χ2n) is 8.15. The van der Waals surface area contributed by atoms with Crippen molar-refractivity contribution in [2.45, 2.75) is 47.0 Å². The maximum Gasteiger partial charge on any atom is 0.285 e. The van der Waals surface area contributed by atoms with Crippen molar-refractivity contribution in [3.63, 3.8) is 0 Å². The number of sulfonamides is 1. The lowest BCUT2D eigenvalue weighted by atomic mass is 10.0. The monoisotopic (exact) mass is 417 g/mol. The van der Waals surface area contributed by atoms with Crippen molar-refractivity contribution in [3.05, 3.63) is 41.0 Å². The van der Waals surface area contributed by atoms with Gasteiger partial charge in [0.25, 0.3) is 10.0 Å². The second-order valence-corrected chi connectivity index (χ2v) is 9.69. The molecule has 1 aromatic carbocycles. The molecule has 1 saturated heterocycles. The molecule has 1 fully saturated rings. The predicted molar refractivity (Wildman–Crippen MR) is 117 cm³/mol. The zero-order valence-corrected chi connectivity index (χ0v) is 18.6. The van der Waals surface area contributed by atoms with E-state index in [0.29, 0.717) is 60.4 Å². The number of rotatable bonds is 4. The van der Waals surface area contributed by atoms with Crippen LogP contribution in [0.4, 0.5) is 0 Å². The van der Waals surface area contributed by atoms with Crippen molar-refractivity contribution in [2.75, 3.05) is 26.2 Å². The van der Waals surface area contributed by atoms with Crippen molar-refractivity contribution in [2.24, 2.45) is 10.3 Å². The molecule has 1 aromatic rings. The van der Waals surface area contributed by atoms with E-state index in [1.54, 1.807) is 0 Å². The topological polar surface area (TPSA) is 70.1 Å². The third kappa shape index (κ3) is 4.71. The molecule has 0 saturated carbocycles. The first-order valence-corrected chi connectivity index (χ1v) is 11.8. The Morgan fingerprint density at radius 2 is 1.79 bits per heavy atom. The van der Waals surface area contributed by atoms with E-state index in [9.17, 15) is 13.2 Å². The SMILES string of the molecule is CCC(C)CC(=O)N1CCCN(C2=NS(=O)(=O)C(c3ccc(C)cc3)=C2C)CC1. The van der Waals surface area contributed by atoms with Gasteiger partial charge in [-0.15, -0.1) is 4.40 Å². The molecular formula is C22H31N3O3S. The number of hydrogen-bond acceptors (Lipinski definition) is 4. The molecule has 2 heterocycles. The Hall–Kier alpha value is -2.15. The third-order valence-corrected chi connectivity index (χ3v) is 7.29. The molecular weight excluding hydrogens is 386 g/mol. The summed E-state index contributed by atoms with van der Waals surface area (Å²) in [5, 5.41) is 0. The smallest absolute Gasteiger partial charge is 0.285 e. The van der Waals surface area contributed by atoms with Crippen LogP contribution in [-0.4, -0.2) is 56.1 Å². The number of amides is 1. The Balaban J connectivity index is 1.78. The Labute approximate surface area is 174 Å². The van der Waals surface area contributed by atoms with E-state index in [2.05, 4.69) is 18.2 Å². The van der Waals surface area contributed by atoms with E-state index in [-0.39, 0.29) is 5.91 Å². The van der Waals surface area contributed by atoms with Crippen LogP contribution in [0.25, 0.3) is 4.91 Å². The number of carbonyl (C=O) groups is 1. The lowest BCUT2D eigenvalue weighted by Crippen LogP contribution is -2.37. The summed E-state index contributed by atoms with van der Waals surface area (Å²) < 4.78 is 29.7. The molecule has 6 nitrogen and oxygen atoms in total. The fourth-order valence-electron chi connectivity index (χ4n) is 3.84. The number of aryl methyl sites for hydroxylation is 1. The lowest BCUT2D eigenvalue weighted by molar-refractivity contribution is -0.131. The van der Waals surface area contributed by atoms with Crippen molar-refractivity contribution < 1.29 is 13.2 Å². The molecule has 0 aliphatic carbocycles. The van der Waals surface area contributed by atoms with Gasteiger partial charge in [-0.1, -0.05) is 50.1 Å². The molecule has 0 aromatic heterocycles. The fraction of sp³-hybridized carbons (Fsp3) is 0.545. The van der Waals surface area contributed by atoms with E-state index in [4.69, 9.17) is 0 Å². The summed E-state index contributed by atoms with van der Waals surface area (Å²) >= 11 is 0. The van der Waals surface area contributed by atoms with E-state index in [0.717, 1.165) is 18.4 Å². The van der Waals surface area contributed by atoms with Gasteiger partial charge in [-0.2, -0.15) is 8.42 Å². The zero-order valence-electron chi connectivity index (χ0n) is 17.8. The molecule has 2 aliphatic heterocycles. The molecule has 7 heteroatoms. The van der Waals surface area contributed by atoms with Gasteiger partial charge in [0.2, 0.25) is 5.91 Å². The first-order chi connectivity index (χ1) is 13.7. The average Bonchev–Trinajstić information content (AvgIpc) is 2.83. The standard InChI is InChI=1S/C22H31N3O3S/c1-5-16(2)15-20(26)24-11-6-12-25(14-13-24)22-18(4)21(29(27,28)23-22)19-9-7-17(3)8-10-19/h7-10,16H,5-6,11-15H2,1-4H3. The van der Waals surface area contributed by atoms with Gasteiger partial charge in [0.05, 0.1) is 0 Å². The predicted octanol–water partition coefficient (Wildman–Crippen LogP) is 3.44. The zero-order chi connectivity index (χ0) is 21.2. The Kier molecular flexibility index (Phi) is 6.46. The van der Waals surface area contributed by atoms with Crippen LogP contribution >= 0.6 is 0 Å². The molecule has 0 bridgehead atoms. The van der Waals surface area contributed by atoms with Gasteiger partial charge in [-0.25, -0.2) is 0 Å². The minimum atomic E-state index is -3.72. The van der Waals surface area contributed by atoms with Crippen molar-refractivity contribution in [1.82, 2.24) is 9.80 Å². The largest absolute Gasteiger partial charge is 0.354 e. The maximum atomic E-state index is 12.8. The Bertz CT molecular complexity index is 933. The number of carbonyl (C=O) groups excluding carboxylic acids is 1. The molecule has 158 valence electrons. The summed E-state index contributed by atoms with van der Waals surface area (Å²) in [4.78, 5) is 16.8. The van der Waals surface area contributed by atoms with Crippen LogP contribution in [0.5, 0.6) is 0 Å². The maximum absolute atomic E-state index is 12.8. The highest BCUT2D eigenvalue weighted by Crippen LogP contribution is 2.34. The number of hydrogen-bond donors (Lipinski definition) is 0. The molecule has 29 heavy (non-hydrogen) atoms. The first-order valence-electron chi connectivity index (χ1n) is 10.4. The highest BCUT2D eigenvalue weighted by molar-refractivity contribution is 8.00. The van der Waals surface area contributed by atoms with Gasteiger partial charge < -0.3 is 9.80 Å². The highest BCUT2D eigenvalue weighted by atomic mass is 32.2. The normalized spacial score (nSPS) is 20.5. The van der Waals surface area contributed by atoms with E-state index in [1.165, 1.54) is 0 Å². The molecule has 1 unspecified atom stereocenters. The van der Waals surface area contributed by atoms with E-state index >= 15 is 0 Å². The van der Waals surface area contributed by atoms with E-state index < -0.39 is 10.0 Å². The molecule has 0 spiro atoms. The minimum Gasteiger partial charge on any atom is -0.354 e. The van der Waals surface area contributed by atoms with E-state index in [1.807, 2.05) is 47.9 Å². The average molecular weight is 418 g/mol. The van der Waals surface area contributed by atoms with Crippen molar-refractivity contribution in [3.8, 4) is 0 Å². The van der Waals surface area contributed by atoms with Crippen molar-refractivity contribution >= 4 is 26.7 Å². The summed E-state index contributed by atoms with van der Waals surface area (Å²) in [5.41, 5.74) is 2.44. The molecule has 0 N–H and O–H groups in total. The third-order valence-electron chi connectivity index (χ3n) is 5.82. The van der Waals surface area contributed by atoms with Gasteiger partial charge in [0.1, 0.15) is 10.7 Å². The lowest BCUT2D eigenvalue weighted by Gasteiger charge is -2.24. The molecule has 3 rings (SSSR count). The highest BCUT2D eigenvalue weighted by Gasteiger charge is 2.34. The second kappa shape index (κ2) is 8.69. The summed E-state index contributed by atoms with van der Waals surface area (Å²) in [5.74, 6) is 1.10. The minimum absolute atomic E-state index is 0.190.